The van der Waals surface area contributed by atoms with Crippen LogP contribution < -0.4 is 0 Å². The lowest BCUT2D eigenvalue weighted by molar-refractivity contribution is -0.298. The molecule has 0 saturated carbocycles. The summed E-state index contributed by atoms with van der Waals surface area (Å²) < 4.78 is 10.7. The molecule has 6 heteroatoms. The van der Waals surface area contributed by atoms with Gasteiger partial charge in [-0.05, 0) is 22.4 Å². The Morgan fingerprint density at radius 3 is 2.48 bits per heavy atom. The van der Waals surface area contributed by atoms with E-state index in [4.69, 9.17) is 14.6 Å². The van der Waals surface area contributed by atoms with Gasteiger partial charge < -0.3 is 29.9 Å². The first kappa shape index (κ1) is 18.0. The van der Waals surface area contributed by atoms with Gasteiger partial charge in [0.15, 0.2) is 6.29 Å². The molecule has 134 valence electrons. The molecular weight excluding hydrogens is 324 g/mol. The second kappa shape index (κ2) is 8.05. The van der Waals surface area contributed by atoms with Crippen LogP contribution in [0, 0.1) is 0 Å². The number of fused-ring (bicyclic) bond motifs is 1. The molecule has 1 fully saturated rings. The first-order valence-electron chi connectivity index (χ1n) is 8.17. The second-order valence-electron chi connectivity index (χ2n) is 6.04. The van der Waals surface area contributed by atoms with E-state index in [1.54, 1.807) is 6.08 Å². The summed E-state index contributed by atoms with van der Waals surface area (Å²) in [5.74, 6) is 0. The minimum Gasteiger partial charge on any atom is -0.394 e. The van der Waals surface area contributed by atoms with E-state index in [0.717, 1.165) is 16.3 Å². The lowest BCUT2D eigenvalue weighted by atomic mass is 9.99. The van der Waals surface area contributed by atoms with Crippen LogP contribution in [0.15, 0.2) is 48.5 Å². The Labute approximate surface area is 145 Å². The van der Waals surface area contributed by atoms with Crippen molar-refractivity contribution in [3.8, 4) is 0 Å². The highest BCUT2D eigenvalue weighted by atomic mass is 16.7. The number of ether oxygens (including phenoxy) is 2. The summed E-state index contributed by atoms with van der Waals surface area (Å²) in [5, 5.41) is 40.8. The molecule has 25 heavy (non-hydrogen) atoms. The fraction of sp³-hybridized carbons (Fsp3) is 0.368. The molecule has 4 N–H and O–H groups in total. The molecule has 3 rings (SSSR count). The van der Waals surface area contributed by atoms with Gasteiger partial charge in [-0.2, -0.15) is 0 Å². The Balaban J connectivity index is 1.58. The molecule has 1 saturated heterocycles. The van der Waals surface area contributed by atoms with Crippen LogP contribution in [0.1, 0.15) is 5.56 Å². The summed E-state index contributed by atoms with van der Waals surface area (Å²) in [6.07, 6.45) is -2.62. The van der Waals surface area contributed by atoms with Gasteiger partial charge in [0.1, 0.15) is 24.4 Å². The molecule has 1 aliphatic heterocycles. The summed E-state index contributed by atoms with van der Waals surface area (Å²) in [6, 6.07) is 14.1. The molecule has 0 spiro atoms. The molecule has 0 radical (unpaired) electrons. The van der Waals surface area contributed by atoms with Gasteiger partial charge in [-0.25, -0.2) is 0 Å². The lowest BCUT2D eigenvalue weighted by Crippen LogP contribution is -2.59. The molecule has 5 atom stereocenters. The van der Waals surface area contributed by atoms with E-state index < -0.39 is 37.3 Å². The van der Waals surface area contributed by atoms with Gasteiger partial charge in [0, 0.05) is 0 Å². The van der Waals surface area contributed by atoms with Crippen molar-refractivity contribution in [2.24, 2.45) is 0 Å². The van der Waals surface area contributed by atoms with Crippen LogP contribution >= 0.6 is 0 Å². The summed E-state index contributed by atoms with van der Waals surface area (Å²) in [5.41, 5.74) is 1.01. The van der Waals surface area contributed by atoms with Gasteiger partial charge >= 0.3 is 0 Å². The van der Waals surface area contributed by atoms with Crippen molar-refractivity contribution in [2.75, 3.05) is 13.2 Å². The Morgan fingerprint density at radius 1 is 0.960 bits per heavy atom. The second-order valence-corrected chi connectivity index (χ2v) is 6.04. The fourth-order valence-corrected chi connectivity index (χ4v) is 2.85. The standard InChI is InChI=1S/C19H22O6/c20-11-15-16(21)17(22)18(23)19(25-15)24-9-3-4-12-7-8-13-5-1-2-6-14(13)10-12/h1-8,10,15-23H,9,11H2/b4-3+/t15-,16+,17+,18-,19+/m1/s1. The van der Waals surface area contributed by atoms with Crippen molar-refractivity contribution in [1.82, 2.24) is 0 Å². The van der Waals surface area contributed by atoms with Crippen LogP contribution in [-0.2, 0) is 9.47 Å². The summed E-state index contributed by atoms with van der Waals surface area (Å²) >= 11 is 0. The summed E-state index contributed by atoms with van der Waals surface area (Å²) in [7, 11) is 0. The number of aliphatic hydroxyl groups excluding tert-OH is 4. The third-order valence-corrected chi connectivity index (χ3v) is 4.29. The predicted molar refractivity (Wildman–Crippen MR) is 92.7 cm³/mol. The van der Waals surface area contributed by atoms with Gasteiger partial charge in [-0.15, -0.1) is 0 Å². The average Bonchev–Trinajstić information content (AvgIpc) is 2.64. The fourth-order valence-electron chi connectivity index (χ4n) is 2.85. The molecule has 0 bridgehead atoms. The zero-order valence-electron chi connectivity index (χ0n) is 13.6. The molecule has 0 amide bonds. The van der Waals surface area contributed by atoms with Crippen LogP contribution in [0.5, 0.6) is 0 Å². The van der Waals surface area contributed by atoms with Crippen molar-refractivity contribution in [3.05, 3.63) is 54.1 Å². The number of rotatable bonds is 5. The molecule has 0 aliphatic carbocycles. The van der Waals surface area contributed by atoms with E-state index in [1.165, 1.54) is 0 Å². The van der Waals surface area contributed by atoms with Gasteiger partial charge in [0.2, 0.25) is 0 Å². The molecule has 0 unspecified atom stereocenters. The Bertz CT molecular complexity index is 729. The minimum atomic E-state index is -1.43. The average molecular weight is 346 g/mol. The van der Waals surface area contributed by atoms with Crippen molar-refractivity contribution >= 4 is 16.8 Å². The highest BCUT2D eigenvalue weighted by molar-refractivity contribution is 5.84. The van der Waals surface area contributed by atoms with E-state index in [9.17, 15) is 15.3 Å². The van der Waals surface area contributed by atoms with Crippen molar-refractivity contribution in [2.45, 2.75) is 30.7 Å². The highest BCUT2D eigenvalue weighted by Crippen LogP contribution is 2.22. The Hall–Kier alpha value is -1.80. The zero-order valence-corrected chi connectivity index (χ0v) is 13.6. The van der Waals surface area contributed by atoms with Crippen LogP contribution in [-0.4, -0.2) is 64.3 Å². The van der Waals surface area contributed by atoms with E-state index in [0.29, 0.717) is 0 Å². The third kappa shape index (κ3) is 4.07. The van der Waals surface area contributed by atoms with Gasteiger partial charge in [0.25, 0.3) is 0 Å². The number of benzene rings is 2. The van der Waals surface area contributed by atoms with Crippen molar-refractivity contribution in [3.63, 3.8) is 0 Å². The monoisotopic (exact) mass is 346 g/mol. The molecule has 2 aromatic rings. The Kier molecular flexibility index (Phi) is 5.80. The summed E-state index contributed by atoms with van der Waals surface area (Å²) in [4.78, 5) is 0. The largest absolute Gasteiger partial charge is 0.394 e. The quantitative estimate of drug-likeness (QED) is 0.635. The van der Waals surface area contributed by atoms with Crippen LogP contribution in [0.25, 0.3) is 16.8 Å². The first-order chi connectivity index (χ1) is 12.1. The zero-order chi connectivity index (χ0) is 17.8. The van der Waals surface area contributed by atoms with E-state index in [2.05, 4.69) is 6.07 Å². The lowest BCUT2D eigenvalue weighted by Gasteiger charge is -2.39. The maximum atomic E-state index is 9.89. The van der Waals surface area contributed by atoms with E-state index >= 15 is 0 Å². The number of aliphatic hydroxyl groups is 4. The van der Waals surface area contributed by atoms with Gasteiger partial charge in [-0.1, -0.05) is 48.6 Å². The smallest absolute Gasteiger partial charge is 0.187 e. The van der Waals surface area contributed by atoms with Crippen molar-refractivity contribution in [1.29, 1.82) is 0 Å². The molecule has 6 nitrogen and oxygen atoms in total. The van der Waals surface area contributed by atoms with Gasteiger partial charge in [-0.3, -0.25) is 0 Å². The minimum absolute atomic E-state index is 0.148. The topological polar surface area (TPSA) is 99.4 Å². The van der Waals surface area contributed by atoms with Crippen molar-refractivity contribution < 1.29 is 29.9 Å². The Morgan fingerprint density at radius 2 is 1.72 bits per heavy atom. The van der Waals surface area contributed by atoms with Crippen LogP contribution in [0.3, 0.4) is 0 Å². The molecular formula is C19H22O6. The third-order valence-electron chi connectivity index (χ3n) is 4.29. The van der Waals surface area contributed by atoms with Crippen LogP contribution in [0.4, 0.5) is 0 Å². The highest BCUT2D eigenvalue weighted by Gasteiger charge is 2.43. The van der Waals surface area contributed by atoms with E-state index in [-0.39, 0.29) is 6.61 Å². The van der Waals surface area contributed by atoms with Gasteiger partial charge in [0.05, 0.1) is 13.2 Å². The molecule has 1 aliphatic rings. The molecule has 2 aromatic carbocycles. The maximum absolute atomic E-state index is 9.89. The SMILES string of the molecule is OC[C@H]1O[C@H](OC/C=C/c2ccc3ccccc3c2)[C@H](O)[C@@H](O)[C@H]1O. The maximum Gasteiger partial charge on any atom is 0.187 e. The first-order valence-corrected chi connectivity index (χ1v) is 8.17. The normalized spacial score (nSPS) is 30.2. The van der Waals surface area contributed by atoms with Crippen LogP contribution in [0.2, 0.25) is 0 Å². The van der Waals surface area contributed by atoms with E-state index in [1.807, 2.05) is 42.5 Å². The molecule has 1 heterocycles. The number of hydrogen-bond acceptors (Lipinski definition) is 6. The molecule has 0 aromatic heterocycles. The number of hydrogen-bond donors (Lipinski definition) is 4. The summed E-state index contributed by atoms with van der Waals surface area (Å²) in [6.45, 7) is -0.326. The predicted octanol–water partition coefficient (Wildman–Crippen LogP) is 0.669.